The average molecular weight is 336 g/mol. The lowest BCUT2D eigenvalue weighted by molar-refractivity contribution is 0.0702. The molecule has 0 fully saturated rings. The second-order valence-electron chi connectivity index (χ2n) is 3.63. The molecule has 0 saturated carbocycles. The zero-order chi connectivity index (χ0) is 14.9. The Bertz CT molecular complexity index is 772. The topological polar surface area (TPSA) is 83.5 Å². The molecule has 0 aliphatic rings. The third-order valence-corrected chi connectivity index (χ3v) is 5.05. The Labute approximate surface area is 122 Å². The first kappa shape index (κ1) is 14.8. The molecule has 0 bridgehead atoms. The first-order valence-electron chi connectivity index (χ1n) is 5.11. The standard InChI is InChI=1S/C11H7ClFNO4S2/c12-6-2-1-3-8(10(6)13)20(17,18)14-9-5-4-7(19-9)11(15)16/h1-5,14H,(H,15,16). The molecule has 0 aliphatic heterocycles. The van der Waals surface area contributed by atoms with Gasteiger partial charge in [0.15, 0.2) is 5.82 Å². The fraction of sp³-hybridized carbons (Fsp3) is 0. The Morgan fingerprint density at radius 3 is 2.60 bits per heavy atom. The lowest BCUT2D eigenvalue weighted by Crippen LogP contribution is -2.13. The summed E-state index contributed by atoms with van der Waals surface area (Å²) in [6, 6.07) is 6.13. The summed E-state index contributed by atoms with van der Waals surface area (Å²) in [5, 5.41) is 8.51. The van der Waals surface area contributed by atoms with Crippen LogP contribution in [0.1, 0.15) is 9.67 Å². The van der Waals surface area contributed by atoms with Crippen molar-refractivity contribution in [2.45, 2.75) is 4.90 Å². The van der Waals surface area contributed by atoms with Crippen LogP contribution in [0.5, 0.6) is 0 Å². The van der Waals surface area contributed by atoms with Gasteiger partial charge in [0.1, 0.15) is 14.8 Å². The molecule has 0 amide bonds. The van der Waals surface area contributed by atoms with Gasteiger partial charge < -0.3 is 5.11 Å². The number of hydrogen-bond donors (Lipinski definition) is 2. The number of anilines is 1. The zero-order valence-corrected chi connectivity index (χ0v) is 12.0. The van der Waals surface area contributed by atoms with E-state index >= 15 is 0 Å². The minimum absolute atomic E-state index is 0.0331. The van der Waals surface area contributed by atoms with Gasteiger partial charge in [-0.2, -0.15) is 0 Å². The van der Waals surface area contributed by atoms with Crippen LogP contribution in [0, 0.1) is 5.82 Å². The van der Waals surface area contributed by atoms with E-state index in [1.807, 2.05) is 0 Å². The molecule has 1 aromatic heterocycles. The van der Waals surface area contributed by atoms with Gasteiger partial charge >= 0.3 is 5.97 Å². The largest absolute Gasteiger partial charge is 0.477 e. The van der Waals surface area contributed by atoms with Crippen molar-refractivity contribution < 1.29 is 22.7 Å². The number of carboxylic acid groups (broad SMARTS) is 1. The van der Waals surface area contributed by atoms with E-state index in [1.165, 1.54) is 24.3 Å². The van der Waals surface area contributed by atoms with Crippen LogP contribution in [0.25, 0.3) is 0 Å². The van der Waals surface area contributed by atoms with Gasteiger partial charge in [0, 0.05) is 0 Å². The Kier molecular flexibility index (Phi) is 3.98. The van der Waals surface area contributed by atoms with Crippen LogP contribution in [0.2, 0.25) is 5.02 Å². The molecule has 106 valence electrons. The fourth-order valence-electron chi connectivity index (χ4n) is 1.39. The molecule has 0 aliphatic carbocycles. The number of carbonyl (C=O) groups is 1. The third kappa shape index (κ3) is 2.92. The summed E-state index contributed by atoms with van der Waals surface area (Å²) in [7, 11) is -4.17. The SMILES string of the molecule is O=C(O)c1ccc(NS(=O)(=O)c2cccc(Cl)c2F)s1. The van der Waals surface area contributed by atoms with Gasteiger partial charge in [-0.3, -0.25) is 4.72 Å². The van der Waals surface area contributed by atoms with Crippen molar-refractivity contribution in [1.29, 1.82) is 0 Å². The molecule has 0 unspecified atom stereocenters. The van der Waals surface area contributed by atoms with Gasteiger partial charge in [0.2, 0.25) is 0 Å². The van der Waals surface area contributed by atoms with Gasteiger partial charge in [0.25, 0.3) is 10.0 Å². The second kappa shape index (κ2) is 5.39. The molecule has 5 nitrogen and oxygen atoms in total. The number of hydrogen-bond acceptors (Lipinski definition) is 4. The monoisotopic (exact) mass is 335 g/mol. The molecule has 0 atom stereocenters. The predicted octanol–water partition coefficient (Wildman–Crippen LogP) is 3.04. The maximum absolute atomic E-state index is 13.7. The van der Waals surface area contributed by atoms with Crippen molar-refractivity contribution in [3.05, 3.63) is 46.0 Å². The molecule has 0 spiro atoms. The summed E-state index contributed by atoms with van der Waals surface area (Å²) in [5.41, 5.74) is 0. The van der Waals surface area contributed by atoms with Crippen LogP contribution >= 0.6 is 22.9 Å². The molecule has 1 heterocycles. The van der Waals surface area contributed by atoms with Crippen molar-refractivity contribution >= 4 is 43.9 Å². The van der Waals surface area contributed by atoms with Gasteiger partial charge in [-0.05, 0) is 24.3 Å². The van der Waals surface area contributed by atoms with E-state index in [-0.39, 0.29) is 14.9 Å². The molecule has 2 aromatic rings. The summed E-state index contributed by atoms with van der Waals surface area (Å²) >= 11 is 6.25. The summed E-state index contributed by atoms with van der Waals surface area (Å²) in [5.74, 6) is -2.23. The molecule has 0 radical (unpaired) electrons. The highest BCUT2D eigenvalue weighted by molar-refractivity contribution is 7.93. The van der Waals surface area contributed by atoms with Gasteiger partial charge in [-0.25, -0.2) is 17.6 Å². The number of rotatable bonds is 4. The maximum Gasteiger partial charge on any atom is 0.345 e. The van der Waals surface area contributed by atoms with Gasteiger partial charge in [-0.1, -0.05) is 17.7 Å². The van der Waals surface area contributed by atoms with E-state index in [0.717, 1.165) is 17.4 Å². The molecule has 2 rings (SSSR count). The quantitative estimate of drug-likeness (QED) is 0.899. The number of nitrogens with one attached hydrogen (secondary N) is 1. The highest BCUT2D eigenvalue weighted by Crippen LogP contribution is 2.27. The van der Waals surface area contributed by atoms with Gasteiger partial charge in [-0.15, -0.1) is 11.3 Å². The Balaban J connectivity index is 2.35. The van der Waals surface area contributed by atoms with E-state index < -0.39 is 26.7 Å². The van der Waals surface area contributed by atoms with E-state index in [0.29, 0.717) is 0 Å². The number of sulfonamides is 1. The van der Waals surface area contributed by atoms with Crippen LogP contribution in [0.3, 0.4) is 0 Å². The Morgan fingerprint density at radius 1 is 1.30 bits per heavy atom. The van der Waals surface area contributed by atoms with Crippen molar-refractivity contribution in [1.82, 2.24) is 0 Å². The summed E-state index contributed by atoms with van der Waals surface area (Å²) < 4.78 is 39.8. The smallest absolute Gasteiger partial charge is 0.345 e. The van der Waals surface area contributed by atoms with Crippen molar-refractivity contribution in [2.24, 2.45) is 0 Å². The van der Waals surface area contributed by atoms with Crippen LogP contribution < -0.4 is 4.72 Å². The first-order chi connectivity index (χ1) is 9.31. The van der Waals surface area contributed by atoms with Crippen LogP contribution in [0.15, 0.2) is 35.2 Å². The summed E-state index contributed by atoms with van der Waals surface area (Å²) in [6.07, 6.45) is 0. The van der Waals surface area contributed by atoms with E-state index in [4.69, 9.17) is 16.7 Å². The first-order valence-corrected chi connectivity index (χ1v) is 7.79. The summed E-state index contributed by atoms with van der Waals surface area (Å²) in [6.45, 7) is 0. The number of aromatic carboxylic acids is 1. The molecule has 9 heteroatoms. The Morgan fingerprint density at radius 2 is 2.00 bits per heavy atom. The fourth-order valence-corrected chi connectivity index (χ4v) is 3.76. The molecule has 1 aromatic carbocycles. The van der Waals surface area contributed by atoms with Crippen molar-refractivity contribution in [2.75, 3.05) is 4.72 Å². The summed E-state index contributed by atoms with van der Waals surface area (Å²) in [4.78, 5) is 10.1. The average Bonchev–Trinajstić information content (AvgIpc) is 2.80. The number of halogens is 2. The predicted molar refractivity (Wildman–Crippen MR) is 73.5 cm³/mol. The maximum atomic E-state index is 13.7. The second-order valence-corrected chi connectivity index (χ2v) is 6.77. The molecule has 0 saturated heterocycles. The minimum Gasteiger partial charge on any atom is -0.477 e. The minimum atomic E-state index is -4.17. The van der Waals surface area contributed by atoms with E-state index in [2.05, 4.69) is 4.72 Å². The lowest BCUT2D eigenvalue weighted by atomic mass is 10.3. The van der Waals surface area contributed by atoms with Crippen molar-refractivity contribution in [3.8, 4) is 0 Å². The molecular formula is C11H7ClFNO4S2. The molecule has 2 N–H and O–H groups in total. The van der Waals surface area contributed by atoms with Gasteiger partial charge in [0.05, 0.1) is 5.02 Å². The van der Waals surface area contributed by atoms with Crippen LogP contribution in [0.4, 0.5) is 9.39 Å². The highest BCUT2D eigenvalue weighted by atomic mass is 35.5. The normalized spacial score (nSPS) is 11.3. The number of benzene rings is 1. The molecular weight excluding hydrogens is 329 g/mol. The van der Waals surface area contributed by atoms with E-state index in [9.17, 15) is 17.6 Å². The third-order valence-electron chi connectivity index (χ3n) is 2.26. The number of thiophene rings is 1. The molecule has 20 heavy (non-hydrogen) atoms. The van der Waals surface area contributed by atoms with Crippen LogP contribution in [-0.4, -0.2) is 19.5 Å². The van der Waals surface area contributed by atoms with Crippen LogP contribution in [-0.2, 0) is 10.0 Å². The van der Waals surface area contributed by atoms with E-state index in [1.54, 1.807) is 0 Å². The lowest BCUT2D eigenvalue weighted by Gasteiger charge is -2.07. The Hall–Kier alpha value is -1.64. The zero-order valence-electron chi connectivity index (χ0n) is 9.63. The number of carboxylic acids is 1. The highest BCUT2D eigenvalue weighted by Gasteiger charge is 2.22. The van der Waals surface area contributed by atoms with Crippen molar-refractivity contribution in [3.63, 3.8) is 0 Å².